The number of terminal acetylenes is 1. The summed E-state index contributed by atoms with van der Waals surface area (Å²) in [7, 11) is 1.67. The van der Waals surface area contributed by atoms with Crippen molar-refractivity contribution >= 4 is 17.6 Å². The molecular weight excluding hydrogens is 316 g/mol. The Bertz CT molecular complexity index is 606. The zero-order chi connectivity index (χ0) is 18.5. The first-order valence-electron chi connectivity index (χ1n) is 8.44. The van der Waals surface area contributed by atoms with Gasteiger partial charge < -0.3 is 20.7 Å². The summed E-state index contributed by atoms with van der Waals surface area (Å²) in [4.78, 5) is 16.1. The molecule has 0 aliphatic heterocycles. The normalized spacial score (nSPS) is 11.1. The molecule has 1 aromatic rings. The standard InChI is InChI=1S/C19H28N4O2/c1-5-16-8-6-9-17(12-16)23-18(24)13-22-19(20-4)21-10-7-11-25-14-15(2)3/h1,6,8-9,12,15H,7,10-11,13-14H2,2-4H3,(H,23,24)(H2,20,21,22). The molecule has 0 atom stereocenters. The Morgan fingerprint density at radius 3 is 2.84 bits per heavy atom. The van der Waals surface area contributed by atoms with Crippen LogP contribution in [0.25, 0.3) is 0 Å². The quantitative estimate of drug-likeness (QED) is 0.277. The third-order valence-electron chi connectivity index (χ3n) is 3.16. The van der Waals surface area contributed by atoms with Crippen molar-refractivity contribution in [2.75, 3.05) is 38.7 Å². The number of anilines is 1. The van der Waals surface area contributed by atoms with Crippen molar-refractivity contribution in [1.82, 2.24) is 10.6 Å². The number of carbonyl (C=O) groups is 1. The van der Waals surface area contributed by atoms with E-state index >= 15 is 0 Å². The van der Waals surface area contributed by atoms with Gasteiger partial charge in [-0.3, -0.25) is 9.79 Å². The van der Waals surface area contributed by atoms with Gasteiger partial charge in [-0.2, -0.15) is 0 Å². The first-order valence-corrected chi connectivity index (χ1v) is 8.44. The lowest BCUT2D eigenvalue weighted by molar-refractivity contribution is -0.115. The van der Waals surface area contributed by atoms with Crippen molar-refractivity contribution in [3.05, 3.63) is 29.8 Å². The van der Waals surface area contributed by atoms with Gasteiger partial charge in [0.2, 0.25) is 5.91 Å². The highest BCUT2D eigenvalue weighted by molar-refractivity contribution is 5.95. The van der Waals surface area contributed by atoms with Gasteiger partial charge in [-0.15, -0.1) is 6.42 Å². The molecule has 0 fully saturated rings. The Morgan fingerprint density at radius 2 is 2.16 bits per heavy atom. The lowest BCUT2D eigenvalue weighted by atomic mass is 10.2. The second-order valence-corrected chi connectivity index (χ2v) is 5.95. The summed E-state index contributed by atoms with van der Waals surface area (Å²) in [6, 6.07) is 7.16. The smallest absolute Gasteiger partial charge is 0.243 e. The van der Waals surface area contributed by atoms with Crippen LogP contribution in [0.1, 0.15) is 25.8 Å². The third kappa shape index (κ3) is 9.38. The molecule has 0 radical (unpaired) electrons. The van der Waals surface area contributed by atoms with Gasteiger partial charge >= 0.3 is 0 Å². The van der Waals surface area contributed by atoms with Crippen molar-refractivity contribution in [2.45, 2.75) is 20.3 Å². The van der Waals surface area contributed by atoms with Crippen LogP contribution in [0.5, 0.6) is 0 Å². The van der Waals surface area contributed by atoms with Crippen LogP contribution in [0.3, 0.4) is 0 Å². The predicted molar refractivity (Wildman–Crippen MR) is 103 cm³/mol. The van der Waals surface area contributed by atoms with Crippen LogP contribution in [0.2, 0.25) is 0 Å². The molecular formula is C19H28N4O2. The maximum Gasteiger partial charge on any atom is 0.243 e. The predicted octanol–water partition coefficient (Wildman–Crippen LogP) is 1.83. The fraction of sp³-hybridized carbons (Fsp3) is 0.474. The number of rotatable bonds is 9. The minimum Gasteiger partial charge on any atom is -0.381 e. The van der Waals surface area contributed by atoms with Crippen molar-refractivity contribution in [3.63, 3.8) is 0 Å². The summed E-state index contributed by atoms with van der Waals surface area (Å²) >= 11 is 0. The number of nitrogens with zero attached hydrogens (tertiary/aromatic N) is 1. The van der Waals surface area contributed by atoms with E-state index in [1.807, 2.05) is 6.07 Å². The number of hydrogen-bond donors (Lipinski definition) is 3. The van der Waals surface area contributed by atoms with Gasteiger partial charge in [-0.05, 0) is 30.5 Å². The first-order chi connectivity index (χ1) is 12.0. The molecule has 0 aromatic heterocycles. The van der Waals surface area contributed by atoms with E-state index in [2.05, 4.69) is 40.7 Å². The van der Waals surface area contributed by atoms with Gasteiger partial charge in [-0.25, -0.2) is 0 Å². The Morgan fingerprint density at radius 1 is 1.36 bits per heavy atom. The Labute approximate surface area is 150 Å². The molecule has 0 unspecified atom stereocenters. The van der Waals surface area contributed by atoms with E-state index in [9.17, 15) is 4.79 Å². The number of ether oxygens (including phenoxy) is 1. The first kappa shape index (κ1) is 20.5. The molecule has 1 rings (SSSR count). The summed E-state index contributed by atoms with van der Waals surface area (Å²) in [5, 5.41) is 8.91. The molecule has 6 heteroatoms. The minimum atomic E-state index is -0.169. The summed E-state index contributed by atoms with van der Waals surface area (Å²) in [6.07, 6.45) is 6.22. The maximum absolute atomic E-state index is 12.0. The van der Waals surface area contributed by atoms with E-state index in [1.54, 1.807) is 25.2 Å². The molecule has 136 valence electrons. The largest absolute Gasteiger partial charge is 0.381 e. The van der Waals surface area contributed by atoms with E-state index < -0.39 is 0 Å². The highest BCUT2D eigenvalue weighted by Gasteiger charge is 2.04. The van der Waals surface area contributed by atoms with Crippen LogP contribution in [-0.2, 0) is 9.53 Å². The second kappa shape index (κ2) is 11.9. The number of aliphatic imine (C=N–C) groups is 1. The molecule has 25 heavy (non-hydrogen) atoms. The summed E-state index contributed by atoms with van der Waals surface area (Å²) in [6.45, 7) is 6.56. The van der Waals surface area contributed by atoms with Crippen LogP contribution >= 0.6 is 0 Å². The van der Waals surface area contributed by atoms with Crippen molar-refractivity contribution < 1.29 is 9.53 Å². The van der Waals surface area contributed by atoms with Gasteiger partial charge in [0.25, 0.3) is 0 Å². The average molecular weight is 344 g/mol. The Balaban J connectivity index is 2.25. The molecule has 3 N–H and O–H groups in total. The van der Waals surface area contributed by atoms with E-state index in [4.69, 9.17) is 11.2 Å². The highest BCUT2D eigenvalue weighted by Crippen LogP contribution is 2.09. The minimum absolute atomic E-state index is 0.115. The molecule has 0 heterocycles. The number of guanidine groups is 1. The van der Waals surface area contributed by atoms with Gasteiger partial charge in [0.05, 0.1) is 6.54 Å². The fourth-order valence-corrected chi connectivity index (χ4v) is 1.98. The molecule has 0 aliphatic rings. The van der Waals surface area contributed by atoms with E-state index in [1.165, 1.54) is 0 Å². The molecule has 0 saturated carbocycles. The van der Waals surface area contributed by atoms with Gasteiger partial charge in [0.1, 0.15) is 0 Å². The van der Waals surface area contributed by atoms with Gasteiger partial charge in [0, 0.05) is 38.1 Å². The van der Waals surface area contributed by atoms with Crippen molar-refractivity contribution in [3.8, 4) is 12.3 Å². The van der Waals surface area contributed by atoms with Crippen molar-refractivity contribution in [2.24, 2.45) is 10.9 Å². The van der Waals surface area contributed by atoms with Crippen LogP contribution in [0.4, 0.5) is 5.69 Å². The molecule has 0 bridgehead atoms. The number of hydrogen-bond acceptors (Lipinski definition) is 3. The van der Waals surface area contributed by atoms with E-state index in [0.29, 0.717) is 24.2 Å². The SMILES string of the molecule is C#Cc1cccc(NC(=O)CNC(=NC)NCCCOCC(C)C)c1. The zero-order valence-electron chi connectivity index (χ0n) is 15.3. The highest BCUT2D eigenvalue weighted by atomic mass is 16.5. The number of nitrogens with one attached hydrogen (secondary N) is 3. The summed E-state index contributed by atoms with van der Waals surface area (Å²) in [5.74, 6) is 3.49. The Hall–Kier alpha value is -2.52. The average Bonchev–Trinajstić information content (AvgIpc) is 2.60. The van der Waals surface area contributed by atoms with Crippen molar-refractivity contribution in [1.29, 1.82) is 0 Å². The molecule has 6 nitrogen and oxygen atoms in total. The van der Waals surface area contributed by atoms with E-state index in [-0.39, 0.29) is 12.5 Å². The van der Waals surface area contributed by atoms with Crippen LogP contribution in [-0.4, -0.2) is 45.2 Å². The molecule has 1 amide bonds. The number of carbonyl (C=O) groups excluding carboxylic acids is 1. The fourth-order valence-electron chi connectivity index (χ4n) is 1.98. The molecule has 0 aliphatic carbocycles. The summed E-state index contributed by atoms with van der Waals surface area (Å²) < 4.78 is 5.52. The lowest BCUT2D eigenvalue weighted by Gasteiger charge is -2.12. The zero-order valence-corrected chi connectivity index (χ0v) is 15.3. The molecule has 1 aromatic carbocycles. The third-order valence-corrected chi connectivity index (χ3v) is 3.16. The van der Waals surface area contributed by atoms with Crippen LogP contribution in [0.15, 0.2) is 29.3 Å². The van der Waals surface area contributed by atoms with Gasteiger partial charge in [0.15, 0.2) is 5.96 Å². The maximum atomic E-state index is 12.0. The van der Waals surface area contributed by atoms with Gasteiger partial charge in [-0.1, -0.05) is 25.8 Å². The monoisotopic (exact) mass is 344 g/mol. The van der Waals surface area contributed by atoms with E-state index in [0.717, 1.165) is 25.1 Å². The second-order valence-electron chi connectivity index (χ2n) is 5.95. The number of benzene rings is 1. The number of amides is 1. The topological polar surface area (TPSA) is 74.8 Å². The lowest BCUT2D eigenvalue weighted by Crippen LogP contribution is -2.41. The van der Waals surface area contributed by atoms with Crippen LogP contribution < -0.4 is 16.0 Å². The molecule has 0 spiro atoms. The summed E-state index contributed by atoms with van der Waals surface area (Å²) in [5.41, 5.74) is 1.40. The molecule has 0 saturated heterocycles. The Kier molecular flexibility index (Phi) is 9.79. The van der Waals surface area contributed by atoms with Crippen LogP contribution in [0, 0.1) is 18.3 Å².